The molecule has 0 aliphatic heterocycles. The van der Waals surface area contributed by atoms with Crippen molar-refractivity contribution in [2.24, 2.45) is 0 Å². The first kappa shape index (κ1) is 26.2. The fourth-order valence-corrected chi connectivity index (χ4v) is 5.51. The number of benzene rings is 2. The number of nitriles is 1. The van der Waals surface area contributed by atoms with E-state index in [-0.39, 0.29) is 12.2 Å². The summed E-state index contributed by atoms with van der Waals surface area (Å²) in [6, 6.07) is 19.0. The summed E-state index contributed by atoms with van der Waals surface area (Å²) in [5.41, 5.74) is 3.54. The van der Waals surface area contributed by atoms with Gasteiger partial charge in [-0.05, 0) is 17.7 Å². The van der Waals surface area contributed by atoms with Gasteiger partial charge in [0.1, 0.15) is 28.5 Å². The average molecular weight is 546 g/mol. The van der Waals surface area contributed by atoms with Gasteiger partial charge in [-0.1, -0.05) is 65.8 Å². The number of esters is 1. The molecule has 2 aromatic carbocycles. The number of aromatic nitrogens is 2. The van der Waals surface area contributed by atoms with E-state index in [4.69, 9.17) is 27.9 Å². The molecule has 0 radical (unpaired) electrons. The van der Waals surface area contributed by atoms with Gasteiger partial charge in [-0.2, -0.15) is 5.26 Å². The Kier molecular flexibility index (Phi) is 8.42. The molecule has 0 amide bonds. The van der Waals surface area contributed by atoms with Gasteiger partial charge in [0, 0.05) is 34.3 Å². The number of thioether (sulfide) groups is 1. The minimum absolute atomic E-state index is 0.0905. The van der Waals surface area contributed by atoms with Crippen molar-refractivity contribution in [1.29, 1.82) is 5.26 Å². The number of nitrogens with zero attached hydrogens (tertiary/aromatic N) is 5. The van der Waals surface area contributed by atoms with E-state index >= 15 is 0 Å². The second-order valence-corrected chi connectivity index (χ2v) is 10.1. The average Bonchev–Trinajstić information content (AvgIpc) is 3.40. The lowest BCUT2D eigenvalue weighted by Crippen LogP contribution is -2.27. The summed E-state index contributed by atoms with van der Waals surface area (Å²) in [5.74, 6) is 0.315. The Labute approximate surface area is 228 Å². The van der Waals surface area contributed by atoms with Crippen molar-refractivity contribution in [2.45, 2.75) is 10.8 Å². The van der Waals surface area contributed by atoms with Crippen LogP contribution in [0.3, 0.4) is 0 Å². The molecule has 0 N–H and O–H groups in total. The van der Waals surface area contributed by atoms with Crippen LogP contribution in [0.4, 0.5) is 11.5 Å². The molecule has 0 aliphatic carbocycles. The van der Waals surface area contributed by atoms with Crippen molar-refractivity contribution in [3.63, 3.8) is 0 Å². The van der Waals surface area contributed by atoms with Crippen molar-refractivity contribution in [3.8, 4) is 27.8 Å². The van der Waals surface area contributed by atoms with Gasteiger partial charge in [0.15, 0.2) is 0 Å². The van der Waals surface area contributed by atoms with Gasteiger partial charge in [-0.25, -0.2) is 14.8 Å². The predicted octanol–water partition coefficient (Wildman–Crippen LogP) is 6.85. The highest BCUT2D eigenvalue weighted by Crippen LogP contribution is 2.44. The van der Waals surface area contributed by atoms with Crippen LogP contribution in [0.2, 0.25) is 5.02 Å². The number of anilines is 1. The summed E-state index contributed by atoms with van der Waals surface area (Å²) in [6.45, 7) is 7.79. The normalized spacial score (nSPS) is 10.4. The topological polar surface area (TPSA) is 83.5 Å². The minimum atomic E-state index is -0.461. The molecule has 184 valence electrons. The first-order valence-electron chi connectivity index (χ1n) is 11.0. The molecule has 0 saturated carbocycles. The molecule has 4 aromatic rings. The number of hydrogen-bond donors (Lipinski definition) is 0. The molecular formula is C27H20ClN5O2S2. The Morgan fingerprint density at radius 3 is 2.57 bits per heavy atom. The monoisotopic (exact) mass is 545 g/mol. The van der Waals surface area contributed by atoms with E-state index < -0.39 is 5.97 Å². The van der Waals surface area contributed by atoms with Crippen LogP contribution in [0.5, 0.6) is 0 Å². The van der Waals surface area contributed by atoms with E-state index in [1.165, 1.54) is 30.2 Å². The molecular weight excluding hydrogens is 526 g/mol. The first-order chi connectivity index (χ1) is 17.9. The van der Waals surface area contributed by atoms with Crippen LogP contribution >= 0.6 is 34.7 Å². The molecule has 0 atom stereocenters. The highest BCUT2D eigenvalue weighted by molar-refractivity contribution is 7.98. The van der Waals surface area contributed by atoms with Crippen LogP contribution in [0.1, 0.15) is 11.3 Å². The SMILES string of the molecule is [C-]#[N+]c1c(N(C)CC(=O)OC)nc(SCc2csc(-c3ccc(Cl)cc3)n2)c(C#N)c1-c1ccccc1. The largest absolute Gasteiger partial charge is 0.468 e. The molecule has 0 saturated heterocycles. The van der Waals surface area contributed by atoms with Gasteiger partial charge in [0.05, 0.1) is 24.9 Å². The van der Waals surface area contributed by atoms with Gasteiger partial charge in [0.25, 0.3) is 0 Å². The molecule has 37 heavy (non-hydrogen) atoms. The van der Waals surface area contributed by atoms with Crippen LogP contribution in [0.15, 0.2) is 65.0 Å². The minimum Gasteiger partial charge on any atom is -0.468 e. The van der Waals surface area contributed by atoms with E-state index in [0.717, 1.165) is 21.8 Å². The molecule has 10 heteroatoms. The molecule has 7 nitrogen and oxygen atoms in total. The zero-order chi connectivity index (χ0) is 26.4. The number of thiazole rings is 1. The van der Waals surface area contributed by atoms with Crippen LogP contribution in [-0.4, -0.2) is 36.6 Å². The Morgan fingerprint density at radius 2 is 1.92 bits per heavy atom. The predicted molar refractivity (Wildman–Crippen MR) is 148 cm³/mol. The number of carbonyl (C=O) groups excluding carboxylic acids is 1. The second kappa shape index (κ2) is 11.9. The zero-order valence-electron chi connectivity index (χ0n) is 19.9. The quantitative estimate of drug-likeness (QED) is 0.136. The number of methoxy groups -OCH3 is 1. The molecule has 4 rings (SSSR count). The summed E-state index contributed by atoms with van der Waals surface area (Å²) in [4.78, 5) is 26.7. The van der Waals surface area contributed by atoms with Gasteiger partial charge < -0.3 is 9.64 Å². The standard InChI is InChI=1S/C27H20ClN5O2S2/c1-30-24-23(17-7-5-4-6-8-17)21(13-29)27(32-25(24)33(2)14-22(34)35-3)37-16-20-15-36-26(31-20)18-9-11-19(28)12-10-18/h4-12,15H,14,16H2,2-3H3. The molecule has 0 aliphatic rings. The smallest absolute Gasteiger partial charge is 0.325 e. The molecule has 0 spiro atoms. The molecule has 2 aromatic heterocycles. The van der Waals surface area contributed by atoms with E-state index in [2.05, 4.69) is 15.9 Å². The Bertz CT molecular complexity index is 1510. The highest BCUT2D eigenvalue weighted by atomic mass is 35.5. The fourth-order valence-electron chi connectivity index (χ4n) is 3.58. The van der Waals surface area contributed by atoms with Crippen LogP contribution in [0, 0.1) is 17.9 Å². The lowest BCUT2D eigenvalue weighted by molar-refractivity contribution is -0.138. The summed E-state index contributed by atoms with van der Waals surface area (Å²) in [7, 11) is 2.98. The first-order valence-corrected chi connectivity index (χ1v) is 13.2. The van der Waals surface area contributed by atoms with Gasteiger partial charge >= 0.3 is 5.97 Å². The maximum absolute atomic E-state index is 12.0. The Hall–Kier alpha value is -3.89. The molecule has 2 heterocycles. The summed E-state index contributed by atoms with van der Waals surface area (Å²) >= 11 is 8.89. The highest BCUT2D eigenvalue weighted by Gasteiger charge is 2.25. The number of likely N-dealkylation sites (N-methyl/N-ethyl adjacent to an activating group) is 1. The molecule has 0 unspecified atom stereocenters. The van der Waals surface area contributed by atoms with E-state index in [0.29, 0.717) is 32.7 Å². The van der Waals surface area contributed by atoms with Crippen LogP contribution in [-0.2, 0) is 15.3 Å². The number of hydrogen-bond acceptors (Lipinski definition) is 8. The molecule has 0 bridgehead atoms. The van der Waals surface area contributed by atoms with Gasteiger partial charge in [-0.15, -0.1) is 11.3 Å². The summed E-state index contributed by atoms with van der Waals surface area (Å²) < 4.78 is 4.80. The lowest BCUT2D eigenvalue weighted by atomic mass is 10.00. The second-order valence-electron chi connectivity index (χ2n) is 7.80. The molecule has 0 fully saturated rings. The lowest BCUT2D eigenvalue weighted by Gasteiger charge is -2.22. The van der Waals surface area contributed by atoms with E-state index in [1.54, 1.807) is 11.9 Å². The van der Waals surface area contributed by atoms with Gasteiger partial charge in [0.2, 0.25) is 5.69 Å². The number of halogens is 1. The number of ether oxygens (including phenoxy) is 1. The third kappa shape index (κ3) is 5.92. The van der Waals surface area contributed by atoms with Crippen molar-refractivity contribution >= 4 is 52.2 Å². The maximum atomic E-state index is 12.0. The van der Waals surface area contributed by atoms with E-state index in [1.807, 2.05) is 60.0 Å². The number of pyridine rings is 1. The summed E-state index contributed by atoms with van der Waals surface area (Å²) in [6.07, 6.45) is 0. The zero-order valence-corrected chi connectivity index (χ0v) is 22.3. The summed E-state index contributed by atoms with van der Waals surface area (Å²) in [5, 5.41) is 14.1. The maximum Gasteiger partial charge on any atom is 0.325 e. The van der Waals surface area contributed by atoms with Crippen molar-refractivity contribution in [3.05, 3.63) is 87.7 Å². The van der Waals surface area contributed by atoms with Crippen LogP contribution < -0.4 is 4.90 Å². The number of carbonyl (C=O) groups is 1. The fraction of sp³-hybridized carbons (Fsp3) is 0.148. The third-order valence-corrected chi connectivity index (χ3v) is 7.56. The van der Waals surface area contributed by atoms with Gasteiger partial charge in [-0.3, -0.25) is 4.79 Å². The van der Waals surface area contributed by atoms with Crippen LogP contribution in [0.25, 0.3) is 26.5 Å². The van der Waals surface area contributed by atoms with E-state index in [9.17, 15) is 10.1 Å². The Balaban J connectivity index is 1.74. The number of rotatable bonds is 8. The van der Waals surface area contributed by atoms with Crippen molar-refractivity contribution in [2.75, 3.05) is 25.6 Å². The van der Waals surface area contributed by atoms with Crippen molar-refractivity contribution in [1.82, 2.24) is 9.97 Å². The Morgan fingerprint density at radius 1 is 1.19 bits per heavy atom. The third-order valence-electron chi connectivity index (χ3n) is 5.36. The van der Waals surface area contributed by atoms with Crippen molar-refractivity contribution < 1.29 is 9.53 Å².